The second-order valence-electron chi connectivity index (χ2n) is 4.52. The fraction of sp³-hybridized carbons (Fsp3) is 0.385. The van der Waals surface area contributed by atoms with E-state index in [1.807, 2.05) is 32.9 Å². The molecule has 3 heteroatoms. The number of rotatable bonds is 1. The number of carbonyl (C=O) groups excluding carboxylic acids is 2. The highest BCUT2D eigenvalue weighted by Crippen LogP contribution is 2.30. The molecule has 2 rings (SSSR count). The second kappa shape index (κ2) is 3.74. The summed E-state index contributed by atoms with van der Waals surface area (Å²) in [6.45, 7) is 5.68. The maximum absolute atomic E-state index is 12.1. The van der Waals surface area contributed by atoms with Gasteiger partial charge in [0.2, 0.25) is 0 Å². The number of amides is 2. The highest BCUT2D eigenvalue weighted by atomic mass is 16.2. The Morgan fingerprint density at radius 3 is 2.56 bits per heavy atom. The first-order chi connectivity index (χ1) is 7.52. The average Bonchev–Trinajstić information content (AvgIpc) is 2.37. The van der Waals surface area contributed by atoms with E-state index >= 15 is 0 Å². The van der Waals surface area contributed by atoms with Crippen LogP contribution in [0, 0.1) is 0 Å². The van der Waals surface area contributed by atoms with Crippen molar-refractivity contribution >= 4 is 11.8 Å². The fourth-order valence-corrected chi connectivity index (χ4v) is 2.07. The molecule has 0 aromatic carbocycles. The molecule has 0 spiro atoms. The average molecular weight is 217 g/mol. The van der Waals surface area contributed by atoms with Crippen molar-refractivity contribution in [3.63, 3.8) is 0 Å². The molecule has 0 aromatic heterocycles. The van der Waals surface area contributed by atoms with Crippen molar-refractivity contribution in [3.8, 4) is 0 Å². The minimum Gasteiger partial charge on any atom is -0.272 e. The smallest absolute Gasteiger partial charge is 0.261 e. The van der Waals surface area contributed by atoms with Crippen LogP contribution in [0.25, 0.3) is 0 Å². The van der Waals surface area contributed by atoms with Gasteiger partial charge in [-0.3, -0.25) is 14.5 Å². The number of carbonyl (C=O) groups is 2. The molecule has 0 N–H and O–H groups in total. The van der Waals surface area contributed by atoms with Gasteiger partial charge in [0.05, 0.1) is 0 Å². The molecule has 3 nitrogen and oxygen atoms in total. The molecule has 0 aromatic rings. The third kappa shape index (κ3) is 1.52. The topological polar surface area (TPSA) is 37.4 Å². The van der Waals surface area contributed by atoms with Gasteiger partial charge in [0.15, 0.2) is 0 Å². The molecule has 1 aliphatic carbocycles. The van der Waals surface area contributed by atoms with E-state index in [2.05, 4.69) is 0 Å². The standard InChI is InChI=1S/C13H15NO2/c1-8(2)14-12(15)10-6-4-5-9(3)7-11(10)13(14)16/h4-6,8H,7H2,1-3H3. The molecule has 0 saturated carbocycles. The van der Waals surface area contributed by atoms with Gasteiger partial charge in [-0.15, -0.1) is 0 Å². The van der Waals surface area contributed by atoms with Crippen molar-refractivity contribution in [2.45, 2.75) is 33.2 Å². The Kier molecular flexibility index (Phi) is 2.54. The maximum atomic E-state index is 12.1. The van der Waals surface area contributed by atoms with Gasteiger partial charge in [-0.1, -0.05) is 17.7 Å². The minimum atomic E-state index is -0.158. The normalized spacial score (nSPS) is 20.5. The van der Waals surface area contributed by atoms with E-state index < -0.39 is 0 Å². The second-order valence-corrected chi connectivity index (χ2v) is 4.52. The molecule has 0 atom stereocenters. The molecule has 1 aliphatic heterocycles. The number of imide groups is 1. The molecule has 1 heterocycles. The van der Waals surface area contributed by atoms with E-state index in [1.165, 1.54) is 4.90 Å². The quantitative estimate of drug-likeness (QED) is 0.630. The SMILES string of the molecule is CC1=CC=CC2=C(C1)C(=O)N(C(C)C)C2=O. The van der Waals surface area contributed by atoms with Gasteiger partial charge >= 0.3 is 0 Å². The number of hydrogen-bond acceptors (Lipinski definition) is 2. The van der Waals surface area contributed by atoms with Crippen LogP contribution in [0.2, 0.25) is 0 Å². The predicted octanol–water partition coefficient (Wildman–Crippen LogP) is 1.97. The van der Waals surface area contributed by atoms with E-state index in [-0.39, 0.29) is 17.9 Å². The summed E-state index contributed by atoms with van der Waals surface area (Å²) in [5.41, 5.74) is 2.31. The van der Waals surface area contributed by atoms with E-state index in [9.17, 15) is 9.59 Å². The summed E-state index contributed by atoms with van der Waals surface area (Å²) in [7, 11) is 0. The van der Waals surface area contributed by atoms with Crippen molar-refractivity contribution in [2.75, 3.05) is 0 Å². The Balaban J connectivity index is 2.43. The summed E-state index contributed by atoms with van der Waals surface area (Å²) in [6, 6.07) is -0.0791. The van der Waals surface area contributed by atoms with E-state index in [0.29, 0.717) is 17.6 Å². The van der Waals surface area contributed by atoms with Crippen LogP contribution in [0.4, 0.5) is 0 Å². The molecule has 0 radical (unpaired) electrons. The summed E-state index contributed by atoms with van der Waals surface area (Å²) in [5.74, 6) is -0.288. The monoisotopic (exact) mass is 217 g/mol. The molecule has 16 heavy (non-hydrogen) atoms. The minimum absolute atomic E-state index is 0.0791. The van der Waals surface area contributed by atoms with Gasteiger partial charge in [-0.05, 0) is 33.3 Å². The van der Waals surface area contributed by atoms with Crippen LogP contribution in [0.1, 0.15) is 27.2 Å². The van der Waals surface area contributed by atoms with E-state index in [4.69, 9.17) is 0 Å². The first-order valence-corrected chi connectivity index (χ1v) is 5.47. The number of allylic oxidation sites excluding steroid dienone is 3. The molecular weight excluding hydrogens is 202 g/mol. The molecule has 0 saturated heterocycles. The zero-order chi connectivity index (χ0) is 11.9. The molecule has 84 valence electrons. The van der Waals surface area contributed by atoms with Crippen molar-refractivity contribution < 1.29 is 9.59 Å². The van der Waals surface area contributed by atoms with Gasteiger partial charge in [-0.2, -0.15) is 0 Å². The van der Waals surface area contributed by atoms with Crippen LogP contribution in [0.15, 0.2) is 34.9 Å². The molecule has 2 aliphatic rings. The van der Waals surface area contributed by atoms with Gasteiger partial charge in [0, 0.05) is 17.2 Å². The molecular formula is C13H15NO2. The van der Waals surface area contributed by atoms with Gasteiger partial charge in [0.25, 0.3) is 11.8 Å². The lowest BCUT2D eigenvalue weighted by molar-refractivity contribution is -0.139. The molecule has 2 amide bonds. The summed E-state index contributed by atoms with van der Waals surface area (Å²) < 4.78 is 0. The zero-order valence-electron chi connectivity index (χ0n) is 9.78. The van der Waals surface area contributed by atoms with Crippen LogP contribution in [-0.2, 0) is 9.59 Å². The van der Waals surface area contributed by atoms with Crippen molar-refractivity contribution in [2.24, 2.45) is 0 Å². The van der Waals surface area contributed by atoms with Gasteiger partial charge in [-0.25, -0.2) is 0 Å². The Morgan fingerprint density at radius 1 is 1.25 bits per heavy atom. The first-order valence-electron chi connectivity index (χ1n) is 5.47. The van der Waals surface area contributed by atoms with Crippen LogP contribution in [0.5, 0.6) is 0 Å². The van der Waals surface area contributed by atoms with Crippen molar-refractivity contribution in [3.05, 3.63) is 34.9 Å². The Hall–Kier alpha value is -1.64. The zero-order valence-corrected chi connectivity index (χ0v) is 9.78. The summed E-state index contributed by atoms with van der Waals surface area (Å²) >= 11 is 0. The summed E-state index contributed by atoms with van der Waals surface area (Å²) in [4.78, 5) is 25.4. The maximum Gasteiger partial charge on any atom is 0.261 e. The Labute approximate surface area is 95.1 Å². The first kappa shape index (κ1) is 10.9. The lowest BCUT2D eigenvalue weighted by Gasteiger charge is -2.19. The number of nitrogens with zero attached hydrogens (tertiary/aromatic N) is 1. The number of hydrogen-bond donors (Lipinski definition) is 0. The lowest BCUT2D eigenvalue weighted by Crippen LogP contribution is -2.37. The van der Waals surface area contributed by atoms with Gasteiger partial charge in [0.1, 0.15) is 0 Å². The Bertz CT molecular complexity index is 453. The van der Waals surface area contributed by atoms with Crippen LogP contribution in [-0.4, -0.2) is 22.8 Å². The highest BCUT2D eigenvalue weighted by molar-refractivity contribution is 6.21. The lowest BCUT2D eigenvalue weighted by atomic mass is 10.0. The molecule has 0 unspecified atom stereocenters. The summed E-state index contributed by atoms with van der Waals surface area (Å²) in [6.07, 6.45) is 6.11. The third-order valence-electron chi connectivity index (χ3n) is 2.87. The van der Waals surface area contributed by atoms with E-state index in [1.54, 1.807) is 6.08 Å². The molecule has 0 bridgehead atoms. The van der Waals surface area contributed by atoms with Crippen molar-refractivity contribution in [1.82, 2.24) is 4.90 Å². The summed E-state index contributed by atoms with van der Waals surface area (Å²) in [5, 5.41) is 0. The van der Waals surface area contributed by atoms with Crippen molar-refractivity contribution in [1.29, 1.82) is 0 Å². The van der Waals surface area contributed by atoms with Crippen LogP contribution in [0.3, 0.4) is 0 Å². The molecule has 0 fully saturated rings. The predicted molar refractivity (Wildman–Crippen MR) is 61.5 cm³/mol. The van der Waals surface area contributed by atoms with Crippen LogP contribution >= 0.6 is 0 Å². The Morgan fingerprint density at radius 2 is 1.94 bits per heavy atom. The highest BCUT2D eigenvalue weighted by Gasteiger charge is 2.38. The fourth-order valence-electron chi connectivity index (χ4n) is 2.07. The van der Waals surface area contributed by atoms with Gasteiger partial charge < -0.3 is 0 Å². The largest absolute Gasteiger partial charge is 0.272 e. The van der Waals surface area contributed by atoms with E-state index in [0.717, 1.165) is 5.57 Å². The van der Waals surface area contributed by atoms with Crippen LogP contribution < -0.4 is 0 Å². The third-order valence-corrected chi connectivity index (χ3v) is 2.87.